The van der Waals surface area contributed by atoms with E-state index in [1.165, 1.54) is 0 Å². The van der Waals surface area contributed by atoms with E-state index in [0.29, 0.717) is 6.54 Å². The maximum absolute atomic E-state index is 12.5. The lowest BCUT2D eigenvalue weighted by molar-refractivity contribution is -0.141. The van der Waals surface area contributed by atoms with E-state index in [-0.39, 0.29) is 29.7 Å². The van der Waals surface area contributed by atoms with Crippen LogP contribution < -0.4 is 16.4 Å². The molecule has 4 N–H and O–H groups in total. The smallest absolute Gasteiger partial charge is 0.396 e. The molecule has 1 atom stereocenters. The summed E-state index contributed by atoms with van der Waals surface area (Å²) in [6.45, 7) is 0.363. The van der Waals surface area contributed by atoms with Crippen molar-refractivity contribution in [3.8, 4) is 0 Å². The van der Waals surface area contributed by atoms with Gasteiger partial charge in [-0.2, -0.15) is 13.2 Å². The fourth-order valence-corrected chi connectivity index (χ4v) is 1.67. The number of carbonyl (C=O) groups is 1. The molecule has 8 heteroatoms. The molecule has 1 aromatic rings. The third-order valence-corrected chi connectivity index (χ3v) is 2.56. The second kappa shape index (κ2) is 4.35. The number of halogens is 3. The lowest BCUT2D eigenvalue weighted by Crippen LogP contribution is -2.23. The molecule has 0 bridgehead atoms. The summed E-state index contributed by atoms with van der Waals surface area (Å²) in [7, 11) is 0. The Balaban J connectivity index is 2.19. The molecule has 1 fully saturated rings. The maximum Gasteiger partial charge on any atom is 0.433 e. The second-order valence-electron chi connectivity index (χ2n) is 4.00. The quantitative estimate of drug-likeness (QED) is 0.740. The van der Waals surface area contributed by atoms with Gasteiger partial charge in [-0.05, 0) is 6.07 Å². The highest BCUT2D eigenvalue weighted by atomic mass is 19.4. The molecule has 98 valence electrons. The van der Waals surface area contributed by atoms with Crippen LogP contribution in [0.2, 0.25) is 0 Å². The fraction of sp³-hybridized carbons (Fsp3) is 0.400. The van der Waals surface area contributed by atoms with Crippen molar-refractivity contribution in [2.24, 2.45) is 0 Å². The molecule has 2 heterocycles. The van der Waals surface area contributed by atoms with Crippen molar-refractivity contribution in [1.29, 1.82) is 0 Å². The van der Waals surface area contributed by atoms with Crippen molar-refractivity contribution >= 4 is 17.3 Å². The highest BCUT2D eigenvalue weighted by molar-refractivity contribution is 5.80. The van der Waals surface area contributed by atoms with Crippen molar-refractivity contribution in [3.63, 3.8) is 0 Å². The number of hydrogen-bond acceptors (Lipinski definition) is 4. The number of pyridine rings is 1. The van der Waals surface area contributed by atoms with Gasteiger partial charge in [0.05, 0.1) is 23.6 Å². The first-order chi connectivity index (χ1) is 8.36. The minimum Gasteiger partial charge on any atom is -0.396 e. The number of rotatable bonds is 2. The first kappa shape index (κ1) is 12.5. The predicted octanol–water partition coefficient (Wildman–Crippen LogP) is 0.983. The van der Waals surface area contributed by atoms with Crippen molar-refractivity contribution in [3.05, 3.63) is 18.0 Å². The van der Waals surface area contributed by atoms with Crippen LogP contribution in [0.25, 0.3) is 0 Å². The van der Waals surface area contributed by atoms with Crippen molar-refractivity contribution < 1.29 is 18.0 Å². The summed E-state index contributed by atoms with van der Waals surface area (Å²) < 4.78 is 37.4. The van der Waals surface area contributed by atoms with Gasteiger partial charge in [-0.3, -0.25) is 4.79 Å². The molecule has 0 saturated carbocycles. The predicted molar refractivity (Wildman–Crippen MR) is 58.7 cm³/mol. The van der Waals surface area contributed by atoms with Gasteiger partial charge in [0.1, 0.15) is 5.69 Å². The molecular weight excluding hydrogens is 249 g/mol. The van der Waals surface area contributed by atoms with Crippen molar-refractivity contribution in [2.75, 3.05) is 17.6 Å². The van der Waals surface area contributed by atoms with Gasteiger partial charge in [-0.25, -0.2) is 4.98 Å². The van der Waals surface area contributed by atoms with Crippen LogP contribution in [-0.4, -0.2) is 23.5 Å². The molecule has 1 aliphatic heterocycles. The first-order valence-corrected chi connectivity index (χ1v) is 5.22. The molecule has 1 unspecified atom stereocenters. The first-order valence-electron chi connectivity index (χ1n) is 5.22. The van der Waals surface area contributed by atoms with Gasteiger partial charge < -0.3 is 16.4 Å². The second-order valence-corrected chi connectivity index (χ2v) is 4.00. The zero-order valence-electron chi connectivity index (χ0n) is 9.21. The highest BCUT2D eigenvalue weighted by Crippen LogP contribution is 2.31. The van der Waals surface area contributed by atoms with Crippen LogP contribution in [-0.2, 0) is 11.0 Å². The van der Waals surface area contributed by atoms with E-state index < -0.39 is 11.9 Å². The molecule has 0 radical (unpaired) electrons. The number of hydrogen-bond donors (Lipinski definition) is 3. The Bertz CT molecular complexity index is 475. The van der Waals surface area contributed by atoms with E-state index in [4.69, 9.17) is 5.73 Å². The Morgan fingerprint density at radius 3 is 2.78 bits per heavy atom. The van der Waals surface area contributed by atoms with Gasteiger partial charge in [-0.1, -0.05) is 0 Å². The van der Waals surface area contributed by atoms with Crippen LogP contribution in [0.3, 0.4) is 0 Å². The Labute approximate surface area is 101 Å². The topological polar surface area (TPSA) is 80.0 Å². The van der Waals surface area contributed by atoms with Crippen molar-refractivity contribution in [2.45, 2.75) is 18.6 Å². The summed E-state index contributed by atoms with van der Waals surface area (Å²) in [4.78, 5) is 14.2. The van der Waals surface area contributed by atoms with Crippen LogP contribution in [0.15, 0.2) is 12.3 Å². The summed E-state index contributed by atoms with van der Waals surface area (Å²) in [6.07, 6.45) is -3.35. The largest absolute Gasteiger partial charge is 0.433 e. The number of nitrogens with one attached hydrogen (secondary N) is 2. The van der Waals surface area contributed by atoms with Gasteiger partial charge in [-0.15, -0.1) is 0 Å². The fourth-order valence-electron chi connectivity index (χ4n) is 1.67. The Morgan fingerprint density at radius 2 is 2.22 bits per heavy atom. The summed E-state index contributed by atoms with van der Waals surface area (Å²) in [5.41, 5.74) is 4.78. The lowest BCUT2D eigenvalue weighted by Gasteiger charge is -2.15. The number of nitrogens with zero attached hydrogens (tertiary/aromatic N) is 1. The average molecular weight is 260 g/mol. The van der Waals surface area contributed by atoms with E-state index in [1.807, 2.05) is 0 Å². The number of nitrogens with two attached hydrogens (primary N) is 1. The minimum absolute atomic E-state index is 0.113. The Kier molecular flexibility index (Phi) is 3.02. The summed E-state index contributed by atoms with van der Waals surface area (Å²) in [5, 5.41) is 5.38. The normalized spacial score (nSPS) is 19.7. The number of anilines is 2. The van der Waals surface area contributed by atoms with Crippen LogP contribution in [0, 0.1) is 0 Å². The van der Waals surface area contributed by atoms with Crippen LogP contribution in [0.5, 0.6) is 0 Å². The Hall–Kier alpha value is -1.99. The lowest BCUT2D eigenvalue weighted by atomic mass is 10.2. The monoisotopic (exact) mass is 260 g/mol. The number of amides is 1. The molecule has 1 aliphatic rings. The summed E-state index contributed by atoms with van der Waals surface area (Å²) in [5.74, 6) is -0.142. The molecule has 1 aromatic heterocycles. The van der Waals surface area contributed by atoms with Gasteiger partial charge in [0.2, 0.25) is 5.91 Å². The molecule has 0 aliphatic carbocycles. The van der Waals surface area contributed by atoms with E-state index in [2.05, 4.69) is 15.6 Å². The summed E-state index contributed by atoms with van der Waals surface area (Å²) >= 11 is 0. The third kappa shape index (κ3) is 2.63. The molecular formula is C10H11F3N4O. The average Bonchev–Trinajstić information content (AvgIpc) is 2.66. The van der Waals surface area contributed by atoms with Gasteiger partial charge in [0.15, 0.2) is 0 Å². The third-order valence-electron chi connectivity index (χ3n) is 2.56. The number of alkyl halides is 3. The maximum atomic E-state index is 12.5. The zero-order valence-corrected chi connectivity index (χ0v) is 9.21. The SMILES string of the molecule is Nc1cnc(C(F)(F)F)cc1NC1CNC(=O)C1. The van der Waals surface area contributed by atoms with E-state index in [1.54, 1.807) is 0 Å². The van der Waals surface area contributed by atoms with Gasteiger partial charge in [0.25, 0.3) is 0 Å². The van der Waals surface area contributed by atoms with Crippen LogP contribution in [0.1, 0.15) is 12.1 Å². The Morgan fingerprint density at radius 1 is 1.50 bits per heavy atom. The molecule has 5 nitrogen and oxygen atoms in total. The van der Waals surface area contributed by atoms with E-state index >= 15 is 0 Å². The molecule has 2 rings (SSSR count). The molecule has 1 amide bonds. The highest BCUT2D eigenvalue weighted by Gasteiger charge is 2.33. The number of aromatic nitrogens is 1. The van der Waals surface area contributed by atoms with Crippen LogP contribution in [0.4, 0.5) is 24.5 Å². The number of nitrogen functional groups attached to an aromatic ring is 1. The van der Waals surface area contributed by atoms with Gasteiger partial charge >= 0.3 is 6.18 Å². The molecule has 0 spiro atoms. The summed E-state index contributed by atoms with van der Waals surface area (Å²) in [6, 6.07) is 0.585. The number of carbonyl (C=O) groups excluding carboxylic acids is 1. The molecule has 18 heavy (non-hydrogen) atoms. The van der Waals surface area contributed by atoms with E-state index in [9.17, 15) is 18.0 Å². The van der Waals surface area contributed by atoms with Crippen LogP contribution >= 0.6 is 0 Å². The van der Waals surface area contributed by atoms with E-state index in [0.717, 1.165) is 12.3 Å². The zero-order chi connectivity index (χ0) is 13.3. The molecule has 0 aromatic carbocycles. The van der Waals surface area contributed by atoms with Gasteiger partial charge in [0, 0.05) is 13.0 Å². The van der Waals surface area contributed by atoms with Crippen molar-refractivity contribution in [1.82, 2.24) is 10.3 Å². The standard InChI is InChI=1S/C10H11F3N4O/c11-10(12,13)8-2-7(6(14)4-15-8)17-5-1-9(18)16-3-5/h2,4-5H,1,3,14H2,(H,15,17)(H,16,18). The minimum atomic E-state index is -4.52. The molecule has 1 saturated heterocycles.